The van der Waals surface area contributed by atoms with Gasteiger partial charge in [-0.3, -0.25) is 9.20 Å². The first-order chi connectivity index (χ1) is 10.4. The van der Waals surface area contributed by atoms with E-state index in [0.717, 1.165) is 0 Å². The molecular formula is C13H13F2N3O3S. The number of halogens is 2. The molecule has 0 aliphatic carbocycles. The van der Waals surface area contributed by atoms with Crippen LogP contribution in [0.5, 0.6) is 0 Å². The van der Waals surface area contributed by atoms with Gasteiger partial charge >= 0.3 is 5.97 Å². The molecule has 0 radical (unpaired) electrons. The number of aromatic nitrogens is 2. The van der Waals surface area contributed by atoms with Crippen molar-refractivity contribution in [3.8, 4) is 0 Å². The van der Waals surface area contributed by atoms with E-state index in [1.807, 2.05) is 0 Å². The number of nitrogens with zero attached hydrogens (tertiary/aromatic N) is 2. The number of hydrogen-bond donors (Lipinski definition) is 2. The number of carboxylic acids is 1. The Bertz CT molecular complexity index is 705. The third-order valence-corrected chi connectivity index (χ3v) is 3.58. The zero-order valence-corrected chi connectivity index (χ0v) is 12.3. The third-order valence-electron chi connectivity index (χ3n) is 2.93. The Hall–Kier alpha value is -2.16. The molecule has 1 amide bonds. The van der Waals surface area contributed by atoms with Crippen molar-refractivity contribution in [2.24, 2.45) is 0 Å². The molecule has 0 bridgehead atoms. The lowest BCUT2D eigenvalue weighted by Gasteiger charge is -2.13. The summed E-state index contributed by atoms with van der Waals surface area (Å²) in [6, 6.07) is 3.44. The fraction of sp³-hybridized carbons (Fsp3) is 0.308. The van der Waals surface area contributed by atoms with Crippen LogP contribution in [0.3, 0.4) is 0 Å². The normalized spacial score (nSPS) is 12.5. The molecule has 0 aromatic carbocycles. The molecule has 2 N–H and O–H groups in total. The third kappa shape index (κ3) is 3.35. The van der Waals surface area contributed by atoms with Gasteiger partial charge in [-0.15, -0.1) is 0 Å². The van der Waals surface area contributed by atoms with Gasteiger partial charge in [-0.05, 0) is 18.4 Å². The number of alkyl halides is 2. The minimum atomic E-state index is -2.83. The van der Waals surface area contributed by atoms with Crippen LogP contribution >= 0.6 is 11.8 Å². The average molecular weight is 329 g/mol. The molecule has 9 heteroatoms. The molecule has 2 aromatic rings. The number of thioether (sulfide) groups is 1. The van der Waals surface area contributed by atoms with Crippen LogP contribution in [0.15, 0.2) is 29.6 Å². The van der Waals surface area contributed by atoms with Gasteiger partial charge in [0.05, 0.1) is 5.52 Å². The van der Waals surface area contributed by atoms with Gasteiger partial charge < -0.3 is 10.4 Å². The zero-order chi connectivity index (χ0) is 16.3. The van der Waals surface area contributed by atoms with E-state index in [-0.39, 0.29) is 5.69 Å². The van der Waals surface area contributed by atoms with Crippen LogP contribution in [-0.2, 0) is 4.79 Å². The van der Waals surface area contributed by atoms with Crippen LogP contribution in [0.1, 0.15) is 16.9 Å². The van der Waals surface area contributed by atoms with Crippen molar-refractivity contribution in [1.82, 2.24) is 14.7 Å². The number of imidazole rings is 1. The number of pyridine rings is 1. The van der Waals surface area contributed by atoms with E-state index in [2.05, 4.69) is 10.3 Å². The van der Waals surface area contributed by atoms with Crippen molar-refractivity contribution in [3.63, 3.8) is 0 Å². The van der Waals surface area contributed by atoms with Crippen LogP contribution in [-0.4, -0.2) is 45.1 Å². The summed E-state index contributed by atoms with van der Waals surface area (Å²) in [7, 11) is 0. The van der Waals surface area contributed by atoms with E-state index in [9.17, 15) is 18.4 Å². The number of hydrogen-bond acceptors (Lipinski definition) is 4. The predicted octanol–water partition coefficient (Wildman–Crippen LogP) is 1.89. The number of aliphatic carboxylic acids is 1. The lowest BCUT2D eigenvalue weighted by atomic mass is 10.2. The molecule has 2 heterocycles. The van der Waals surface area contributed by atoms with Crippen molar-refractivity contribution in [1.29, 1.82) is 0 Å². The maximum absolute atomic E-state index is 12.4. The van der Waals surface area contributed by atoms with Crippen LogP contribution in [0, 0.1) is 0 Å². The Morgan fingerprint density at radius 2 is 2.18 bits per heavy atom. The molecule has 0 aliphatic rings. The topological polar surface area (TPSA) is 83.7 Å². The highest BCUT2D eigenvalue weighted by molar-refractivity contribution is 7.98. The number of amides is 1. The number of fused-ring (bicyclic) bond motifs is 1. The van der Waals surface area contributed by atoms with Crippen molar-refractivity contribution in [2.45, 2.75) is 24.0 Å². The molecule has 1 atom stereocenters. The molecule has 0 fully saturated rings. The first kappa shape index (κ1) is 16.2. The zero-order valence-electron chi connectivity index (χ0n) is 11.5. The van der Waals surface area contributed by atoms with Crippen molar-refractivity contribution in [3.05, 3.63) is 30.1 Å². The second kappa shape index (κ2) is 6.73. The summed E-state index contributed by atoms with van der Waals surface area (Å²) >= 11 is 1.31. The van der Waals surface area contributed by atoms with Crippen molar-refractivity contribution < 1.29 is 23.5 Å². The van der Waals surface area contributed by atoms with Gasteiger partial charge in [0.2, 0.25) is 6.43 Å². The first-order valence-electron chi connectivity index (χ1n) is 6.27. The van der Waals surface area contributed by atoms with E-state index in [1.54, 1.807) is 35.1 Å². The Kier molecular flexibility index (Phi) is 4.96. The van der Waals surface area contributed by atoms with Crippen LogP contribution in [0.2, 0.25) is 0 Å². The molecule has 2 aromatic heterocycles. The molecule has 118 valence electrons. The predicted molar refractivity (Wildman–Crippen MR) is 76.5 cm³/mol. The van der Waals surface area contributed by atoms with Gasteiger partial charge in [0.15, 0.2) is 10.9 Å². The maximum Gasteiger partial charge on any atom is 0.326 e. The van der Waals surface area contributed by atoms with Crippen molar-refractivity contribution in [2.75, 3.05) is 6.26 Å². The summed E-state index contributed by atoms with van der Waals surface area (Å²) in [4.78, 5) is 27.3. The standard InChI is InChI=1S/C13H13F2N3O3S/c1-22-13-17-10(8-4-2-3-5-18(8)13)11(19)16-7(12(20)21)6-9(14)15/h2-5,7,9H,6H2,1H3,(H,16,19)(H,20,21). The van der Waals surface area contributed by atoms with Gasteiger partial charge in [0, 0.05) is 12.6 Å². The minimum absolute atomic E-state index is 0.00506. The largest absolute Gasteiger partial charge is 0.480 e. The Morgan fingerprint density at radius 1 is 1.45 bits per heavy atom. The summed E-state index contributed by atoms with van der Waals surface area (Å²) < 4.78 is 26.4. The van der Waals surface area contributed by atoms with Gasteiger partial charge in [-0.1, -0.05) is 17.8 Å². The van der Waals surface area contributed by atoms with Crippen LogP contribution < -0.4 is 5.32 Å². The molecule has 0 spiro atoms. The van der Waals surface area contributed by atoms with Crippen LogP contribution in [0.4, 0.5) is 8.78 Å². The summed E-state index contributed by atoms with van der Waals surface area (Å²) in [5, 5.41) is 11.5. The number of carbonyl (C=O) groups excluding carboxylic acids is 1. The molecular weight excluding hydrogens is 316 g/mol. The highest BCUT2D eigenvalue weighted by atomic mass is 32.2. The van der Waals surface area contributed by atoms with E-state index >= 15 is 0 Å². The number of carbonyl (C=O) groups is 2. The fourth-order valence-electron chi connectivity index (χ4n) is 1.95. The summed E-state index contributed by atoms with van der Waals surface area (Å²) in [5.74, 6) is -2.31. The molecule has 0 saturated heterocycles. The number of nitrogens with one attached hydrogen (secondary N) is 1. The molecule has 2 rings (SSSR count). The smallest absolute Gasteiger partial charge is 0.326 e. The minimum Gasteiger partial charge on any atom is -0.480 e. The summed E-state index contributed by atoms with van der Waals surface area (Å²) in [6.45, 7) is 0. The van der Waals surface area contributed by atoms with Gasteiger partial charge in [-0.2, -0.15) is 0 Å². The second-order valence-corrected chi connectivity index (χ2v) is 5.17. The highest BCUT2D eigenvalue weighted by Gasteiger charge is 2.26. The Balaban J connectivity index is 2.31. The molecule has 22 heavy (non-hydrogen) atoms. The molecule has 0 saturated carbocycles. The van der Waals surface area contributed by atoms with E-state index in [1.165, 1.54) is 11.8 Å². The summed E-state index contributed by atoms with van der Waals surface area (Å²) in [6.07, 6.45) is -0.302. The summed E-state index contributed by atoms with van der Waals surface area (Å²) in [5.41, 5.74) is 0.482. The quantitative estimate of drug-likeness (QED) is 0.791. The molecule has 1 unspecified atom stereocenters. The van der Waals surface area contributed by atoms with Crippen LogP contribution in [0.25, 0.3) is 5.52 Å². The average Bonchev–Trinajstić information content (AvgIpc) is 2.84. The monoisotopic (exact) mass is 329 g/mol. The van der Waals surface area contributed by atoms with E-state index < -0.39 is 30.8 Å². The van der Waals surface area contributed by atoms with Gasteiger partial charge in [0.25, 0.3) is 5.91 Å². The Morgan fingerprint density at radius 3 is 2.77 bits per heavy atom. The first-order valence-corrected chi connectivity index (χ1v) is 7.49. The van der Waals surface area contributed by atoms with Gasteiger partial charge in [-0.25, -0.2) is 18.6 Å². The molecule has 0 aliphatic heterocycles. The SMILES string of the molecule is CSc1nc(C(=O)NC(CC(F)F)C(=O)O)c2ccccn12. The van der Waals surface area contributed by atoms with Gasteiger partial charge in [0.1, 0.15) is 6.04 Å². The fourth-order valence-corrected chi connectivity index (χ4v) is 2.49. The highest BCUT2D eigenvalue weighted by Crippen LogP contribution is 2.20. The number of carboxylic acid groups (broad SMARTS) is 1. The van der Waals surface area contributed by atoms with E-state index in [0.29, 0.717) is 10.7 Å². The Labute approximate surface area is 128 Å². The second-order valence-electron chi connectivity index (χ2n) is 4.39. The lowest BCUT2D eigenvalue weighted by molar-refractivity contribution is -0.140. The maximum atomic E-state index is 12.4. The van der Waals surface area contributed by atoms with Crippen molar-refractivity contribution >= 4 is 29.2 Å². The lowest BCUT2D eigenvalue weighted by Crippen LogP contribution is -2.42. The van der Waals surface area contributed by atoms with E-state index in [4.69, 9.17) is 5.11 Å². The molecule has 6 nitrogen and oxygen atoms in total. The number of rotatable bonds is 6.